The third kappa shape index (κ3) is 3.07. The van der Waals surface area contributed by atoms with E-state index in [1.807, 2.05) is 0 Å². The minimum Gasteiger partial charge on any atom is -0.481 e. The zero-order valence-corrected chi connectivity index (χ0v) is 14.0. The summed E-state index contributed by atoms with van der Waals surface area (Å²) in [7, 11) is 0. The fourth-order valence-corrected chi connectivity index (χ4v) is 4.42. The maximum absolute atomic E-state index is 12.9. The van der Waals surface area contributed by atoms with Crippen molar-refractivity contribution in [3.8, 4) is 0 Å². The quantitative estimate of drug-likeness (QED) is 0.854. The Kier molecular flexibility index (Phi) is 4.18. The zero-order chi connectivity index (χ0) is 18.3. The summed E-state index contributed by atoms with van der Waals surface area (Å²) in [5.74, 6) is -2.27. The van der Waals surface area contributed by atoms with Crippen molar-refractivity contribution in [3.05, 3.63) is 42.0 Å². The van der Waals surface area contributed by atoms with Crippen molar-refractivity contribution in [3.63, 3.8) is 0 Å². The van der Waals surface area contributed by atoms with Gasteiger partial charge in [-0.15, -0.1) is 5.10 Å². The van der Waals surface area contributed by atoms with E-state index in [2.05, 4.69) is 15.4 Å². The molecule has 1 heterocycles. The number of hydrogen-bond donors (Lipinski definition) is 2. The number of hydrogen-bond acceptors (Lipinski definition) is 4. The molecule has 1 amide bonds. The Morgan fingerprint density at radius 2 is 1.88 bits per heavy atom. The van der Waals surface area contributed by atoms with Crippen molar-refractivity contribution in [2.75, 3.05) is 5.32 Å². The largest absolute Gasteiger partial charge is 0.481 e. The fraction of sp³-hybridized carbons (Fsp3) is 0.444. The third-order valence-electron chi connectivity index (χ3n) is 5.53. The lowest BCUT2D eigenvalue weighted by Crippen LogP contribution is -2.38. The van der Waals surface area contributed by atoms with Gasteiger partial charge in [-0.3, -0.25) is 14.9 Å². The van der Waals surface area contributed by atoms with Crippen molar-refractivity contribution in [2.24, 2.45) is 23.7 Å². The number of carbonyl (C=O) groups excluding carboxylic acids is 1. The SMILES string of the molecule is O=C(O)[C@H]1[C@@H]2CC[C@@H](C2)[C@@H]1C(=O)Nc1ncn(Cc2ccc(F)cc2)n1. The highest BCUT2D eigenvalue weighted by atomic mass is 19.1. The van der Waals surface area contributed by atoms with Crippen LogP contribution in [-0.2, 0) is 16.1 Å². The number of fused-ring (bicyclic) bond motifs is 2. The number of carboxylic acid groups (broad SMARTS) is 1. The molecule has 7 nitrogen and oxygen atoms in total. The van der Waals surface area contributed by atoms with Crippen molar-refractivity contribution in [1.82, 2.24) is 14.8 Å². The lowest BCUT2D eigenvalue weighted by atomic mass is 9.79. The maximum atomic E-state index is 12.9. The van der Waals surface area contributed by atoms with Crippen LogP contribution in [0.1, 0.15) is 24.8 Å². The van der Waals surface area contributed by atoms with Crippen molar-refractivity contribution in [2.45, 2.75) is 25.8 Å². The summed E-state index contributed by atoms with van der Waals surface area (Å²) >= 11 is 0. The highest BCUT2D eigenvalue weighted by Crippen LogP contribution is 2.52. The molecule has 2 N–H and O–H groups in total. The molecule has 2 aliphatic rings. The first-order valence-electron chi connectivity index (χ1n) is 8.69. The van der Waals surface area contributed by atoms with E-state index in [0.29, 0.717) is 6.54 Å². The molecular weight excluding hydrogens is 339 g/mol. The lowest BCUT2D eigenvalue weighted by Gasteiger charge is -2.26. The van der Waals surface area contributed by atoms with E-state index in [4.69, 9.17) is 0 Å². The Bertz CT molecular complexity index is 835. The molecule has 4 atom stereocenters. The molecule has 0 unspecified atom stereocenters. The molecule has 0 saturated heterocycles. The molecule has 2 fully saturated rings. The van der Waals surface area contributed by atoms with Crippen molar-refractivity contribution < 1.29 is 19.1 Å². The van der Waals surface area contributed by atoms with E-state index in [1.54, 1.807) is 16.8 Å². The summed E-state index contributed by atoms with van der Waals surface area (Å²) in [6.07, 6.45) is 4.07. The second-order valence-corrected chi connectivity index (χ2v) is 7.10. The van der Waals surface area contributed by atoms with E-state index in [9.17, 15) is 19.1 Å². The first-order valence-corrected chi connectivity index (χ1v) is 8.69. The highest BCUT2D eigenvalue weighted by molar-refractivity contribution is 5.94. The average molecular weight is 358 g/mol. The number of aliphatic carboxylic acids is 1. The molecule has 2 aromatic rings. The number of nitrogens with zero attached hydrogens (tertiary/aromatic N) is 3. The molecule has 2 saturated carbocycles. The van der Waals surface area contributed by atoms with Gasteiger partial charge in [0.25, 0.3) is 0 Å². The number of carbonyl (C=O) groups is 2. The molecule has 26 heavy (non-hydrogen) atoms. The fourth-order valence-electron chi connectivity index (χ4n) is 4.42. The molecule has 2 bridgehead atoms. The summed E-state index contributed by atoms with van der Waals surface area (Å²) in [6, 6.07) is 6.05. The molecular formula is C18H19FN4O3. The Labute approximate surface area is 149 Å². The predicted molar refractivity (Wildman–Crippen MR) is 89.6 cm³/mol. The maximum Gasteiger partial charge on any atom is 0.307 e. The van der Waals surface area contributed by atoms with Gasteiger partial charge in [-0.2, -0.15) is 0 Å². The molecule has 8 heteroatoms. The van der Waals surface area contributed by atoms with Crippen LogP contribution in [0.2, 0.25) is 0 Å². The minimum absolute atomic E-state index is 0.0947. The van der Waals surface area contributed by atoms with E-state index >= 15 is 0 Å². The van der Waals surface area contributed by atoms with Crippen molar-refractivity contribution >= 4 is 17.8 Å². The van der Waals surface area contributed by atoms with Gasteiger partial charge in [0.15, 0.2) is 0 Å². The van der Waals surface area contributed by atoms with Gasteiger partial charge in [-0.1, -0.05) is 12.1 Å². The molecule has 2 aliphatic carbocycles. The van der Waals surface area contributed by atoms with Gasteiger partial charge in [0.1, 0.15) is 12.1 Å². The first-order chi connectivity index (χ1) is 12.5. The number of benzene rings is 1. The van der Waals surface area contributed by atoms with Crippen LogP contribution in [0, 0.1) is 29.5 Å². The van der Waals surface area contributed by atoms with Crippen LogP contribution in [0.25, 0.3) is 0 Å². The Hall–Kier alpha value is -2.77. The number of halogens is 1. The standard InChI is InChI=1S/C18H19FN4O3/c19-13-5-1-10(2-6-13)8-23-9-20-18(22-23)21-16(24)14-11-3-4-12(7-11)15(14)17(25)26/h1-2,5-6,9,11-12,14-15H,3-4,7-8H2,(H,25,26)(H,21,22,24)/t11-,12+,14-,15-/m0/s1. The molecule has 4 rings (SSSR count). The molecule has 1 aromatic carbocycles. The van der Waals surface area contributed by atoms with Crippen LogP contribution in [0.4, 0.5) is 10.3 Å². The third-order valence-corrected chi connectivity index (χ3v) is 5.53. The summed E-state index contributed by atoms with van der Waals surface area (Å²) in [5.41, 5.74) is 0.855. The van der Waals surface area contributed by atoms with Crippen LogP contribution in [0.5, 0.6) is 0 Å². The second kappa shape index (κ2) is 6.51. The lowest BCUT2D eigenvalue weighted by molar-refractivity contribution is -0.148. The Morgan fingerprint density at radius 3 is 2.58 bits per heavy atom. The van der Waals surface area contributed by atoms with Crippen molar-refractivity contribution in [1.29, 1.82) is 0 Å². The van der Waals surface area contributed by atoms with Gasteiger partial charge in [-0.25, -0.2) is 14.1 Å². The van der Waals surface area contributed by atoms with E-state index < -0.39 is 17.8 Å². The molecule has 0 spiro atoms. The minimum atomic E-state index is -0.896. The van der Waals surface area contributed by atoms with Crippen LogP contribution in [0.15, 0.2) is 30.6 Å². The number of aromatic nitrogens is 3. The second-order valence-electron chi connectivity index (χ2n) is 7.10. The summed E-state index contributed by atoms with van der Waals surface area (Å²) < 4.78 is 14.5. The number of nitrogens with one attached hydrogen (secondary N) is 1. The topological polar surface area (TPSA) is 97.1 Å². The summed E-state index contributed by atoms with van der Waals surface area (Å²) in [6.45, 7) is 0.398. The summed E-state index contributed by atoms with van der Waals surface area (Å²) in [5, 5.41) is 16.3. The van der Waals surface area contributed by atoms with Gasteiger partial charge in [0, 0.05) is 0 Å². The van der Waals surface area contributed by atoms with E-state index in [-0.39, 0.29) is 29.5 Å². The van der Waals surface area contributed by atoms with Gasteiger partial charge in [0.05, 0.1) is 18.4 Å². The predicted octanol–water partition coefficient (Wildman–Crippen LogP) is 2.15. The molecule has 1 aromatic heterocycles. The zero-order valence-electron chi connectivity index (χ0n) is 14.0. The summed E-state index contributed by atoms with van der Waals surface area (Å²) in [4.78, 5) is 28.2. The molecule has 136 valence electrons. The number of carboxylic acids is 1. The van der Waals surface area contributed by atoms with Crippen LogP contribution >= 0.6 is 0 Å². The first kappa shape index (κ1) is 16.7. The van der Waals surface area contributed by atoms with E-state index in [1.165, 1.54) is 18.5 Å². The van der Waals surface area contributed by atoms with Gasteiger partial charge in [0.2, 0.25) is 11.9 Å². The highest BCUT2D eigenvalue weighted by Gasteiger charge is 2.54. The normalized spacial score (nSPS) is 26.8. The monoisotopic (exact) mass is 358 g/mol. The van der Waals surface area contributed by atoms with Gasteiger partial charge in [-0.05, 0) is 48.8 Å². The van der Waals surface area contributed by atoms with Crippen LogP contribution < -0.4 is 5.32 Å². The Balaban J connectivity index is 1.43. The van der Waals surface area contributed by atoms with Gasteiger partial charge >= 0.3 is 5.97 Å². The number of amides is 1. The average Bonchev–Trinajstić information content (AvgIpc) is 3.32. The van der Waals surface area contributed by atoms with Gasteiger partial charge < -0.3 is 5.11 Å². The number of anilines is 1. The van der Waals surface area contributed by atoms with Crippen LogP contribution in [0.3, 0.4) is 0 Å². The Morgan fingerprint density at radius 1 is 1.19 bits per heavy atom. The molecule has 0 aliphatic heterocycles. The smallest absolute Gasteiger partial charge is 0.307 e. The van der Waals surface area contributed by atoms with E-state index in [0.717, 1.165) is 24.8 Å². The number of rotatable bonds is 5. The molecule has 0 radical (unpaired) electrons. The van der Waals surface area contributed by atoms with Crippen LogP contribution in [-0.4, -0.2) is 31.7 Å².